The molecule has 1 amide bonds. The number of halogens is 2. The minimum atomic E-state index is -0.0422. The molecular formula is C21H25BrClN3O2S. The molecular weight excluding hydrogens is 474 g/mol. The Morgan fingerprint density at radius 3 is 2.55 bits per heavy atom. The van der Waals surface area contributed by atoms with E-state index in [1.165, 1.54) is 11.3 Å². The number of nitrogens with zero attached hydrogens (tertiary/aromatic N) is 3. The summed E-state index contributed by atoms with van der Waals surface area (Å²) < 4.78 is 7.21. The van der Waals surface area contributed by atoms with Gasteiger partial charge in [-0.05, 0) is 49.5 Å². The number of ether oxygens (including phenoxy) is 1. The van der Waals surface area contributed by atoms with Crippen molar-refractivity contribution in [2.24, 2.45) is 0 Å². The number of rotatable bonds is 8. The van der Waals surface area contributed by atoms with Crippen LogP contribution in [0.25, 0.3) is 10.2 Å². The predicted octanol–water partition coefficient (Wildman–Crippen LogP) is 5.48. The van der Waals surface area contributed by atoms with Gasteiger partial charge in [-0.3, -0.25) is 9.69 Å². The van der Waals surface area contributed by atoms with Gasteiger partial charge in [-0.1, -0.05) is 47.2 Å². The number of likely N-dealkylation sites (N-methyl/N-ethyl adjacent to an activating group) is 1. The molecule has 8 heteroatoms. The van der Waals surface area contributed by atoms with Gasteiger partial charge in [0.15, 0.2) is 5.13 Å². The highest BCUT2D eigenvalue weighted by Crippen LogP contribution is 2.32. The lowest BCUT2D eigenvalue weighted by molar-refractivity contribution is 0.0983. The van der Waals surface area contributed by atoms with E-state index in [-0.39, 0.29) is 18.3 Å². The van der Waals surface area contributed by atoms with Crippen molar-refractivity contribution >= 4 is 60.9 Å². The smallest absolute Gasteiger partial charge is 0.260 e. The van der Waals surface area contributed by atoms with E-state index in [0.717, 1.165) is 40.1 Å². The third-order valence-corrected chi connectivity index (χ3v) is 6.20. The SMILES string of the molecule is CCN(CC)CCN(C(=O)c1cccc(Br)c1)c1nc2ccc(OC)cc2s1.Cl. The maximum Gasteiger partial charge on any atom is 0.260 e. The van der Waals surface area contributed by atoms with Crippen molar-refractivity contribution in [2.45, 2.75) is 13.8 Å². The van der Waals surface area contributed by atoms with Gasteiger partial charge in [-0.2, -0.15) is 0 Å². The van der Waals surface area contributed by atoms with E-state index in [1.807, 2.05) is 42.5 Å². The molecule has 2 aromatic carbocycles. The van der Waals surface area contributed by atoms with Crippen LogP contribution in [0.1, 0.15) is 24.2 Å². The van der Waals surface area contributed by atoms with Crippen LogP contribution in [0.2, 0.25) is 0 Å². The van der Waals surface area contributed by atoms with Crippen molar-refractivity contribution in [3.63, 3.8) is 0 Å². The minimum Gasteiger partial charge on any atom is -0.497 e. The Labute approximate surface area is 190 Å². The number of aromatic nitrogens is 1. The molecule has 0 atom stereocenters. The first-order valence-corrected chi connectivity index (χ1v) is 10.9. The zero-order valence-corrected chi connectivity index (χ0v) is 19.9. The van der Waals surface area contributed by atoms with Crippen LogP contribution < -0.4 is 9.64 Å². The first-order chi connectivity index (χ1) is 13.5. The van der Waals surface area contributed by atoms with Crippen molar-refractivity contribution in [3.05, 3.63) is 52.5 Å². The fourth-order valence-corrected chi connectivity index (χ4v) is 4.40. The largest absolute Gasteiger partial charge is 0.497 e. The maximum atomic E-state index is 13.3. The highest BCUT2D eigenvalue weighted by molar-refractivity contribution is 9.10. The van der Waals surface area contributed by atoms with Crippen molar-refractivity contribution in [2.75, 3.05) is 38.2 Å². The van der Waals surface area contributed by atoms with Crippen LogP contribution in [-0.4, -0.2) is 49.1 Å². The van der Waals surface area contributed by atoms with Gasteiger partial charge in [0.1, 0.15) is 5.75 Å². The molecule has 1 aromatic heterocycles. The summed E-state index contributed by atoms with van der Waals surface area (Å²) in [5.41, 5.74) is 1.52. The molecule has 5 nitrogen and oxygen atoms in total. The fraction of sp³-hybridized carbons (Fsp3) is 0.333. The van der Waals surface area contributed by atoms with Crippen molar-refractivity contribution in [3.8, 4) is 5.75 Å². The van der Waals surface area contributed by atoms with Gasteiger partial charge < -0.3 is 9.64 Å². The van der Waals surface area contributed by atoms with Crippen LogP contribution in [0.5, 0.6) is 5.75 Å². The maximum absolute atomic E-state index is 13.3. The Bertz CT molecular complexity index is 962. The molecule has 0 spiro atoms. The fourth-order valence-electron chi connectivity index (χ4n) is 2.98. The first kappa shape index (κ1) is 23.6. The molecule has 0 aliphatic carbocycles. The molecule has 0 aliphatic heterocycles. The molecule has 29 heavy (non-hydrogen) atoms. The second-order valence-electron chi connectivity index (χ2n) is 6.32. The third-order valence-electron chi connectivity index (χ3n) is 4.67. The molecule has 3 rings (SSSR count). The number of methoxy groups -OCH3 is 1. The van der Waals surface area contributed by atoms with Gasteiger partial charge >= 0.3 is 0 Å². The quantitative estimate of drug-likeness (QED) is 0.413. The number of benzene rings is 2. The van der Waals surface area contributed by atoms with Crippen LogP contribution in [0.3, 0.4) is 0 Å². The first-order valence-electron chi connectivity index (χ1n) is 9.30. The second kappa shape index (κ2) is 10.9. The predicted molar refractivity (Wildman–Crippen MR) is 127 cm³/mol. The Hall–Kier alpha value is -1.67. The van der Waals surface area contributed by atoms with Crippen LogP contribution in [-0.2, 0) is 0 Å². The van der Waals surface area contributed by atoms with Gasteiger partial charge in [0.25, 0.3) is 5.91 Å². The zero-order valence-electron chi connectivity index (χ0n) is 16.7. The Kier molecular flexibility index (Phi) is 8.89. The number of carbonyl (C=O) groups excluding carboxylic acids is 1. The topological polar surface area (TPSA) is 45.7 Å². The summed E-state index contributed by atoms with van der Waals surface area (Å²) in [6.45, 7) is 7.55. The molecule has 0 radical (unpaired) electrons. The summed E-state index contributed by atoms with van der Waals surface area (Å²) in [6, 6.07) is 13.3. The van der Waals surface area contributed by atoms with Crippen molar-refractivity contribution in [1.82, 2.24) is 9.88 Å². The normalized spacial score (nSPS) is 10.8. The monoisotopic (exact) mass is 497 g/mol. The molecule has 3 aromatic rings. The van der Waals surface area contributed by atoms with Gasteiger partial charge in [0.2, 0.25) is 0 Å². The van der Waals surface area contributed by atoms with E-state index < -0.39 is 0 Å². The molecule has 156 valence electrons. The van der Waals surface area contributed by atoms with Crippen molar-refractivity contribution in [1.29, 1.82) is 0 Å². The number of amides is 1. The Balaban J connectivity index is 0.00000300. The Morgan fingerprint density at radius 1 is 1.14 bits per heavy atom. The van der Waals surface area contributed by atoms with Crippen molar-refractivity contribution < 1.29 is 9.53 Å². The summed E-state index contributed by atoms with van der Waals surface area (Å²) >= 11 is 4.97. The van der Waals surface area contributed by atoms with Crippen LogP contribution >= 0.6 is 39.7 Å². The number of hydrogen-bond acceptors (Lipinski definition) is 5. The molecule has 0 unspecified atom stereocenters. The van der Waals surface area contributed by atoms with E-state index >= 15 is 0 Å². The van der Waals surface area contributed by atoms with E-state index in [4.69, 9.17) is 9.72 Å². The summed E-state index contributed by atoms with van der Waals surface area (Å²) in [7, 11) is 1.65. The lowest BCUT2D eigenvalue weighted by Gasteiger charge is -2.24. The van der Waals surface area contributed by atoms with Gasteiger partial charge in [0.05, 0.1) is 17.3 Å². The molecule has 1 heterocycles. The average Bonchev–Trinajstić information content (AvgIpc) is 3.13. The van der Waals surface area contributed by atoms with Crippen LogP contribution in [0.15, 0.2) is 46.9 Å². The molecule has 0 bridgehead atoms. The minimum absolute atomic E-state index is 0. The number of fused-ring (bicyclic) bond motifs is 1. The Morgan fingerprint density at radius 2 is 1.90 bits per heavy atom. The van der Waals surface area contributed by atoms with E-state index in [2.05, 4.69) is 34.7 Å². The molecule has 0 aliphatic rings. The second-order valence-corrected chi connectivity index (χ2v) is 8.25. The lowest BCUT2D eigenvalue weighted by atomic mass is 10.2. The zero-order chi connectivity index (χ0) is 20.1. The molecule has 0 saturated heterocycles. The van der Waals surface area contributed by atoms with Crippen LogP contribution in [0, 0.1) is 0 Å². The molecule has 0 N–H and O–H groups in total. The molecule has 0 saturated carbocycles. The van der Waals surface area contributed by atoms with E-state index in [0.29, 0.717) is 17.2 Å². The number of anilines is 1. The van der Waals surface area contributed by atoms with Gasteiger partial charge in [-0.25, -0.2) is 4.98 Å². The highest BCUT2D eigenvalue weighted by Gasteiger charge is 2.22. The average molecular weight is 499 g/mol. The lowest BCUT2D eigenvalue weighted by Crippen LogP contribution is -2.38. The summed E-state index contributed by atoms with van der Waals surface area (Å²) in [5.74, 6) is 0.746. The number of hydrogen-bond donors (Lipinski definition) is 0. The van der Waals surface area contributed by atoms with E-state index in [9.17, 15) is 4.79 Å². The van der Waals surface area contributed by atoms with Crippen LogP contribution in [0.4, 0.5) is 5.13 Å². The van der Waals surface area contributed by atoms with E-state index in [1.54, 1.807) is 12.0 Å². The van der Waals surface area contributed by atoms with Gasteiger partial charge in [-0.15, -0.1) is 12.4 Å². The highest BCUT2D eigenvalue weighted by atomic mass is 79.9. The third kappa shape index (κ3) is 5.69. The summed E-state index contributed by atoms with van der Waals surface area (Å²) in [5, 5.41) is 0.709. The standard InChI is InChI=1S/C21H24BrN3O2S.ClH/c1-4-24(5-2)11-12-25(20(26)15-7-6-8-16(22)13-15)21-23-18-10-9-17(27-3)14-19(18)28-21;/h6-10,13-14H,4-5,11-12H2,1-3H3;1H. The summed E-state index contributed by atoms with van der Waals surface area (Å²) in [4.78, 5) is 22.1. The number of thiazole rings is 1. The number of carbonyl (C=O) groups is 1. The van der Waals surface area contributed by atoms with Gasteiger partial charge in [0, 0.05) is 23.1 Å². The molecule has 0 fully saturated rings. The summed E-state index contributed by atoms with van der Waals surface area (Å²) in [6.07, 6.45) is 0.